The van der Waals surface area contributed by atoms with Gasteiger partial charge in [0.2, 0.25) is 5.78 Å². The Bertz CT molecular complexity index is 720. The fraction of sp³-hybridized carbons (Fsp3) is 0. The van der Waals surface area contributed by atoms with Crippen LogP contribution in [0.15, 0.2) is 60.4 Å². The predicted octanol–water partition coefficient (Wildman–Crippen LogP) is 3.06. The molecule has 98 valence electrons. The Balaban J connectivity index is 1.85. The van der Waals surface area contributed by atoms with E-state index in [0.717, 1.165) is 12.0 Å². The first-order valence-electron chi connectivity index (χ1n) is 6.21. The molecule has 0 spiro atoms. The van der Waals surface area contributed by atoms with E-state index in [-0.39, 0.29) is 5.78 Å². The van der Waals surface area contributed by atoms with Crippen molar-refractivity contribution in [3.63, 3.8) is 0 Å². The van der Waals surface area contributed by atoms with Crippen LogP contribution in [0.2, 0.25) is 0 Å². The number of nitrogens with one attached hydrogen (secondary N) is 2. The highest BCUT2D eigenvalue weighted by molar-refractivity contribution is 6.18. The first kappa shape index (κ1) is 12.2. The van der Waals surface area contributed by atoms with Crippen molar-refractivity contribution in [1.82, 2.24) is 0 Å². The molecule has 0 bridgehead atoms. The lowest BCUT2D eigenvalue weighted by molar-refractivity contribution is 0.104. The van der Waals surface area contributed by atoms with Crippen LogP contribution in [-0.4, -0.2) is 12.1 Å². The van der Waals surface area contributed by atoms with Crippen LogP contribution in [-0.2, 0) is 0 Å². The Morgan fingerprint density at radius 1 is 1.00 bits per heavy atom. The largest absolute Gasteiger partial charge is 0.359 e. The number of ketones is 1. The topological polar surface area (TPSA) is 58.2 Å². The van der Waals surface area contributed by atoms with Crippen LogP contribution >= 0.6 is 0 Å². The lowest BCUT2D eigenvalue weighted by atomic mass is 10.1. The van der Waals surface area contributed by atoms with E-state index in [9.17, 15) is 9.59 Å². The molecule has 20 heavy (non-hydrogen) atoms. The number of allylic oxidation sites excluding steroid dienone is 1. The molecule has 3 rings (SSSR count). The zero-order chi connectivity index (χ0) is 13.9. The van der Waals surface area contributed by atoms with Gasteiger partial charge < -0.3 is 10.6 Å². The minimum atomic E-state index is -0.0586. The van der Waals surface area contributed by atoms with E-state index in [1.807, 2.05) is 24.3 Å². The van der Waals surface area contributed by atoms with E-state index < -0.39 is 0 Å². The molecule has 0 radical (unpaired) electrons. The maximum Gasteiger partial charge on any atom is 0.212 e. The molecule has 0 amide bonds. The highest BCUT2D eigenvalue weighted by Crippen LogP contribution is 2.27. The van der Waals surface area contributed by atoms with Gasteiger partial charge in [0.1, 0.15) is 5.70 Å². The van der Waals surface area contributed by atoms with Crippen LogP contribution in [0, 0.1) is 0 Å². The first-order valence-corrected chi connectivity index (χ1v) is 6.21. The van der Waals surface area contributed by atoms with Gasteiger partial charge in [-0.1, -0.05) is 24.3 Å². The van der Waals surface area contributed by atoms with Crippen molar-refractivity contribution in [2.75, 3.05) is 10.6 Å². The molecule has 0 aliphatic carbocycles. The molecule has 0 atom stereocenters. The Labute approximate surface area is 116 Å². The Kier molecular flexibility index (Phi) is 3.05. The summed E-state index contributed by atoms with van der Waals surface area (Å²) in [6, 6.07) is 14.5. The normalized spacial score (nSPS) is 14.8. The maximum atomic E-state index is 12.1. The average molecular weight is 264 g/mol. The molecule has 1 aliphatic rings. The quantitative estimate of drug-likeness (QED) is 0.660. The van der Waals surface area contributed by atoms with Crippen LogP contribution in [0.4, 0.5) is 11.4 Å². The van der Waals surface area contributed by atoms with Crippen molar-refractivity contribution in [2.45, 2.75) is 0 Å². The monoisotopic (exact) mass is 264 g/mol. The number of aldehydes is 1. The van der Waals surface area contributed by atoms with Crippen molar-refractivity contribution in [3.05, 3.63) is 71.6 Å². The zero-order valence-corrected chi connectivity index (χ0v) is 10.6. The third kappa shape index (κ3) is 2.07. The number of anilines is 2. The Morgan fingerprint density at radius 2 is 1.75 bits per heavy atom. The summed E-state index contributed by atoms with van der Waals surface area (Å²) in [5.74, 6) is -0.0586. The summed E-state index contributed by atoms with van der Waals surface area (Å²) in [4.78, 5) is 23.1. The number of carbonyl (C=O) groups excluding carboxylic acids is 2. The molecular formula is C16H12N2O2. The van der Waals surface area contributed by atoms with Crippen molar-refractivity contribution in [3.8, 4) is 0 Å². The number of fused-ring (bicyclic) bond motifs is 1. The first-order chi connectivity index (χ1) is 9.79. The summed E-state index contributed by atoms with van der Waals surface area (Å²) in [7, 11) is 0. The zero-order valence-electron chi connectivity index (χ0n) is 10.6. The molecule has 2 aromatic rings. The number of rotatable bonds is 3. The molecule has 0 fully saturated rings. The van der Waals surface area contributed by atoms with Gasteiger partial charge in [0.15, 0.2) is 6.29 Å². The molecule has 0 aromatic heterocycles. The minimum Gasteiger partial charge on any atom is -0.359 e. The number of para-hydroxylation sites is 2. The van der Waals surface area contributed by atoms with Gasteiger partial charge in [-0.3, -0.25) is 9.59 Å². The highest BCUT2D eigenvalue weighted by atomic mass is 16.1. The van der Waals surface area contributed by atoms with Crippen molar-refractivity contribution < 1.29 is 9.59 Å². The van der Waals surface area contributed by atoms with Crippen LogP contribution in [0.3, 0.4) is 0 Å². The van der Waals surface area contributed by atoms with Crippen molar-refractivity contribution in [1.29, 1.82) is 0 Å². The van der Waals surface area contributed by atoms with Crippen molar-refractivity contribution in [2.24, 2.45) is 0 Å². The molecule has 0 saturated carbocycles. The fourth-order valence-electron chi connectivity index (χ4n) is 2.12. The highest BCUT2D eigenvalue weighted by Gasteiger charge is 2.23. The van der Waals surface area contributed by atoms with E-state index in [2.05, 4.69) is 10.6 Å². The Morgan fingerprint density at radius 3 is 2.55 bits per heavy atom. The summed E-state index contributed by atoms with van der Waals surface area (Å²) in [6.45, 7) is 0. The lowest BCUT2D eigenvalue weighted by Crippen LogP contribution is -2.04. The molecule has 1 heterocycles. The summed E-state index contributed by atoms with van der Waals surface area (Å²) >= 11 is 0. The van der Waals surface area contributed by atoms with Gasteiger partial charge >= 0.3 is 0 Å². The number of hydrogen-bond donors (Lipinski definition) is 2. The maximum absolute atomic E-state index is 12.1. The van der Waals surface area contributed by atoms with Gasteiger partial charge in [0, 0.05) is 28.7 Å². The van der Waals surface area contributed by atoms with Gasteiger partial charge in [-0.25, -0.2) is 0 Å². The fourth-order valence-corrected chi connectivity index (χ4v) is 2.12. The van der Waals surface area contributed by atoms with Crippen LogP contribution in [0.5, 0.6) is 0 Å². The summed E-state index contributed by atoms with van der Waals surface area (Å²) in [6.07, 6.45) is 2.37. The molecule has 1 aliphatic heterocycles. The van der Waals surface area contributed by atoms with Crippen LogP contribution < -0.4 is 10.6 Å². The van der Waals surface area contributed by atoms with Gasteiger partial charge in [-0.15, -0.1) is 0 Å². The summed E-state index contributed by atoms with van der Waals surface area (Å²) in [5.41, 5.74) is 3.14. The van der Waals surface area contributed by atoms with Gasteiger partial charge in [0.05, 0.1) is 0 Å². The second kappa shape index (κ2) is 5.01. The average Bonchev–Trinajstić information content (AvgIpc) is 2.82. The van der Waals surface area contributed by atoms with Gasteiger partial charge in [0.25, 0.3) is 0 Å². The standard InChI is InChI=1S/C16H12N2O2/c19-10-11-5-1-3-7-13(11)17-9-15-16(20)12-6-2-4-8-14(12)18-15/h1-10,17-18H/b15-9+. The van der Waals surface area contributed by atoms with E-state index in [0.29, 0.717) is 22.5 Å². The number of benzene rings is 2. The summed E-state index contributed by atoms with van der Waals surface area (Å²) in [5, 5.41) is 6.05. The minimum absolute atomic E-state index is 0.0586. The van der Waals surface area contributed by atoms with Crippen molar-refractivity contribution >= 4 is 23.4 Å². The molecular weight excluding hydrogens is 252 g/mol. The predicted molar refractivity (Wildman–Crippen MR) is 77.9 cm³/mol. The molecule has 0 unspecified atom stereocenters. The molecule has 4 heteroatoms. The third-order valence-corrected chi connectivity index (χ3v) is 3.15. The number of carbonyl (C=O) groups is 2. The van der Waals surface area contributed by atoms with E-state index in [1.165, 1.54) is 0 Å². The van der Waals surface area contributed by atoms with E-state index >= 15 is 0 Å². The van der Waals surface area contributed by atoms with E-state index in [4.69, 9.17) is 0 Å². The second-order valence-corrected chi connectivity index (χ2v) is 4.41. The van der Waals surface area contributed by atoms with Gasteiger partial charge in [-0.2, -0.15) is 0 Å². The molecule has 0 saturated heterocycles. The number of hydrogen-bond acceptors (Lipinski definition) is 4. The SMILES string of the molecule is O=Cc1ccccc1N/C=C1/Nc2ccccc2C1=O. The molecule has 2 aromatic carbocycles. The van der Waals surface area contributed by atoms with Gasteiger partial charge in [-0.05, 0) is 24.3 Å². The Hall–Kier alpha value is -2.88. The smallest absolute Gasteiger partial charge is 0.212 e. The number of Topliss-reactive ketones (excluding diaryl/α,β-unsaturated/α-hetero) is 1. The van der Waals surface area contributed by atoms with Crippen LogP contribution in [0.25, 0.3) is 0 Å². The second-order valence-electron chi connectivity index (χ2n) is 4.41. The molecule has 4 nitrogen and oxygen atoms in total. The van der Waals surface area contributed by atoms with E-state index in [1.54, 1.807) is 30.5 Å². The van der Waals surface area contributed by atoms with Crippen LogP contribution in [0.1, 0.15) is 20.7 Å². The molecule has 2 N–H and O–H groups in total. The lowest BCUT2D eigenvalue weighted by Gasteiger charge is -2.05. The summed E-state index contributed by atoms with van der Waals surface area (Å²) < 4.78 is 0. The third-order valence-electron chi connectivity index (χ3n) is 3.15.